The molecule has 0 saturated heterocycles. The van der Waals surface area contributed by atoms with E-state index < -0.39 is 0 Å². The monoisotopic (exact) mass is 286 g/mol. The van der Waals surface area contributed by atoms with Crippen LogP contribution in [-0.2, 0) is 6.54 Å². The van der Waals surface area contributed by atoms with Gasteiger partial charge in [0.2, 0.25) is 0 Å². The summed E-state index contributed by atoms with van der Waals surface area (Å²) in [6, 6.07) is 8.24. The molecule has 0 fully saturated rings. The summed E-state index contributed by atoms with van der Waals surface area (Å²) < 4.78 is 5.27. The number of hydrogen-bond donors (Lipinski definition) is 1. The standard InChI is InChI=1S/C17H22N2O2/c1-14(2)19(10-5-9-18)13-16-12-17(21-3)8-7-15(16)6-4-11-20/h7-8,12,14,20H,5,10-11,13H2,1-3H3. The topological polar surface area (TPSA) is 56.5 Å². The van der Waals surface area contributed by atoms with Crippen molar-refractivity contribution in [3.63, 3.8) is 0 Å². The van der Waals surface area contributed by atoms with Gasteiger partial charge in [-0.2, -0.15) is 5.26 Å². The average molecular weight is 286 g/mol. The molecule has 0 bridgehead atoms. The van der Waals surface area contributed by atoms with Crippen LogP contribution in [0.3, 0.4) is 0 Å². The molecule has 0 heterocycles. The molecule has 1 aromatic carbocycles. The van der Waals surface area contributed by atoms with Gasteiger partial charge < -0.3 is 9.84 Å². The van der Waals surface area contributed by atoms with E-state index >= 15 is 0 Å². The van der Waals surface area contributed by atoms with E-state index in [1.165, 1.54) is 0 Å². The summed E-state index contributed by atoms with van der Waals surface area (Å²) in [4.78, 5) is 2.22. The quantitative estimate of drug-likeness (QED) is 0.814. The molecule has 0 aliphatic heterocycles. The molecule has 1 N–H and O–H groups in total. The number of methoxy groups -OCH3 is 1. The maximum atomic E-state index is 8.86. The summed E-state index contributed by atoms with van der Waals surface area (Å²) in [6.45, 7) is 5.48. The Kier molecular flexibility index (Phi) is 7.32. The first-order valence-corrected chi connectivity index (χ1v) is 7.00. The molecule has 0 aromatic heterocycles. The first-order chi connectivity index (χ1) is 10.1. The molecular weight excluding hydrogens is 264 g/mol. The number of aliphatic hydroxyl groups excluding tert-OH is 1. The Labute approximate surface area is 127 Å². The van der Waals surface area contributed by atoms with Gasteiger partial charge in [0, 0.05) is 31.1 Å². The number of hydrogen-bond acceptors (Lipinski definition) is 4. The van der Waals surface area contributed by atoms with Gasteiger partial charge in [0.05, 0.1) is 13.2 Å². The predicted octanol–water partition coefficient (Wildman–Crippen LogP) is 2.16. The van der Waals surface area contributed by atoms with Gasteiger partial charge in [-0.1, -0.05) is 11.8 Å². The van der Waals surface area contributed by atoms with Crippen molar-refractivity contribution in [3.05, 3.63) is 29.3 Å². The molecule has 4 nitrogen and oxygen atoms in total. The van der Waals surface area contributed by atoms with Crippen LogP contribution in [0.1, 0.15) is 31.4 Å². The van der Waals surface area contributed by atoms with Crippen molar-refractivity contribution >= 4 is 0 Å². The number of nitrogens with zero attached hydrogens (tertiary/aromatic N) is 2. The van der Waals surface area contributed by atoms with E-state index in [0.717, 1.165) is 23.4 Å². The first kappa shape index (κ1) is 17.0. The van der Waals surface area contributed by atoms with Gasteiger partial charge in [-0.05, 0) is 37.6 Å². The van der Waals surface area contributed by atoms with Crippen LogP contribution in [0.15, 0.2) is 18.2 Å². The fourth-order valence-electron chi connectivity index (χ4n) is 2.02. The molecule has 21 heavy (non-hydrogen) atoms. The number of benzene rings is 1. The van der Waals surface area contributed by atoms with E-state index in [-0.39, 0.29) is 6.61 Å². The molecule has 0 atom stereocenters. The van der Waals surface area contributed by atoms with Gasteiger partial charge in [-0.15, -0.1) is 0 Å². The van der Waals surface area contributed by atoms with Gasteiger partial charge in [0.25, 0.3) is 0 Å². The molecule has 0 saturated carbocycles. The van der Waals surface area contributed by atoms with Crippen molar-refractivity contribution in [2.75, 3.05) is 20.3 Å². The zero-order valence-corrected chi connectivity index (χ0v) is 12.9. The summed E-state index contributed by atoms with van der Waals surface area (Å²) in [5, 5.41) is 17.6. The summed E-state index contributed by atoms with van der Waals surface area (Å²) in [5.74, 6) is 6.43. The third-order valence-corrected chi connectivity index (χ3v) is 3.23. The SMILES string of the molecule is COc1ccc(C#CCO)c(CN(CCC#N)C(C)C)c1. The molecule has 0 amide bonds. The lowest BCUT2D eigenvalue weighted by Crippen LogP contribution is -2.31. The second-order valence-electron chi connectivity index (χ2n) is 4.96. The Hall–Kier alpha value is -2.01. The predicted molar refractivity (Wildman–Crippen MR) is 82.7 cm³/mol. The van der Waals surface area contributed by atoms with Crippen molar-refractivity contribution < 1.29 is 9.84 Å². The molecule has 0 unspecified atom stereocenters. The highest BCUT2D eigenvalue weighted by atomic mass is 16.5. The number of nitriles is 1. The van der Waals surface area contributed by atoms with E-state index in [1.807, 2.05) is 18.2 Å². The van der Waals surface area contributed by atoms with Crippen LogP contribution in [0.5, 0.6) is 5.75 Å². The molecule has 112 valence electrons. The van der Waals surface area contributed by atoms with Crippen molar-refractivity contribution in [1.29, 1.82) is 5.26 Å². The van der Waals surface area contributed by atoms with Crippen molar-refractivity contribution in [3.8, 4) is 23.7 Å². The molecule has 0 spiro atoms. The third-order valence-electron chi connectivity index (χ3n) is 3.23. The number of aliphatic hydroxyl groups is 1. The molecule has 0 aliphatic carbocycles. The van der Waals surface area contributed by atoms with E-state index in [0.29, 0.717) is 19.0 Å². The van der Waals surface area contributed by atoms with Gasteiger partial charge in [-0.25, -0.2) is 0 Å². The minimum Gasteiger partial charge on any atom is -0.497 e. The van der Waals surface area contributed by atoms with Crippen LogP contribution >= 0.6 is 0 Å². The second kappa shape index (κ2) is 9.02. The summed E-state index contributed by atoms with van der Waals surface area (Å²) in [5.41, 5.74) is 1.93. The van der Waals surface area contributed by atoms with E-state index in [4.69, 9.17) is 15.1 Å². The fourth-order valence-corrected chi connectivity index (χ4v) is 2.02. The van der Waals surface area contributed by atoms with Crippen molar-refractivity contribution in [2.24, 2.45) is 0 Å². The molecular formula is C17H22N2O2. The lowest BCUT2D eigenvalue weighted by molar-refractivity contribution is 0.217. The van der Waals surface area contributed by atoms with Gasteiger partial charge in [-0.3, -0.25) is 4.90 Å². The van der Waals surface area contributed by atoms with Gasteiger partial charge in [0.1, 0.15) is 12.4 Å². The Morgan fingerprint density at radius 1 is 1.38 bits per heavy atom. The number of ether oxygens (including phenoxy) is 1. The largest absolute Gasteiger partial charge is 0.497 e. The summed E-state index contributed by atoms with van der Waals surface area (Å²) in [7, 11) is 1.63. The van der Waals surface area contributed by atoms with Crippen LogP contribution in [0, 0.1) is 23.2 Å². The van der Waals surface area contributed by atoms with E-state index in [1.54, 1.807) is 7.11 Å². The minimum atomic E-state index is -0.159. The maximum absolute atomic E-state index is 8.86. The average Bonchev–Trinajstić information content (AvgIpc) is 2.49. The first-order valence-electron chi connectivity index (χ1n) is 7.00. The zero-order chi connectivity index (χ0) is 15.7. The Morgan fingerprint density at radius 2 is 2.14 bits per heavy atom. The fraction of sp³-hybridized carbons (Fsp3) is 0.471. The van der Waals surface area contributed by atoms with Crippen LogP contribution in [0.4, 0.5) is 0 Å². The molecule has 4 heteroatoms. The number of rotatable bonds is 6. The lowest BCUT2D eigenvalue weighted by Gasteiger charge is -2.26. The highest BCUT2D eigenvalue weighted by molar-refractivity contribution is 5.45. The minimum absolute atomic E-state index is 0.159. The summed E-state index contributed by atoms with van der Waals surface area (Å²) in [6.07, 6.45) is 0.500. The Balaban J connectivity index is 3.04. The van der Waals surface area contributed by atoms with Gasteiger partial charge >= 0.3 is 0 Å². The smallest absolute Gasteiger partial charge is 0.119 e. The molecule has 0 aliphatic rings. The van der Waals surface area contributed by atoms with E-state index in [9.17, 15) is 0 Å². The van der Waals surface area contributed by atoms with Crippen molar-refractivity contribution in [2.45, 2.75) is 32.9 Å². The summed E-state index contributed by atoms with van der Waals surface area (Å²) >= 11 is 0. The normalized spacial score (nSPS) is 10.1. The van der Waals surface area contributed by atoms with Crippen molar-refractivity contribution in [1.82, 2.24) is 4.90 Å². The van der Waals surface area contributed by atoms with Crippen LogP contribution in [0.25, 0.3) is 0 Å². The van der Waals surface area contributed by atoms with Crippen LogP contribution in [0.2, 0.25) is 0 Å². The van der Waals surface area contributed by atoms with Crippen LogP contribution in [-0.4, -0.2) is 36.3 Å². The Bertz CT molecular complexity index is 550. The molecule has 1 rings (SSSR count). The Morgan fingerprint density at radius 3 is 2.71 bits per heavy atom. The second-order valence-corrected chi connectivity index (χ2v) is 4.96. The van der Waals surface area contributed by atoms with Crippen LogP contribution < -0.4 is 4.74 Å². The zero-order valence-electron chi connectivity index (χ0n) is 12.9. The molecule has 1 aromatic rings. The van der Waals surface area contributed by atoms with Gasteiger partial charge in [0.15, 0.2) is 0 Å². The van der Waals surface area contributed by atoms with E-state index in [2.05, 4.69) is 36.7 Å². The highest BCUT2D eigenvalue weighted by Crippen LogP contribution is 2.20. The highest BCUT2D eigenvalue weighted by Gasteiger charge is 2.12. The third kappa shape index (κ3) is 5.47. The molecule has 0 radical (unpaired) electrons. The maximum Gasteiger partial charge on any atom is 0.119 e. The lowest BCUT2D eigenvalue weighted by atomic mass is 10.1.